The Bertz CT molecular complexity index is 1290. The third-order valence-electron chi connectivity index (χ3n) is 8.16. The summed E-state index contributed by atoms with van der Waals surface area (Å²) in [5, 5.41) is 5.45. The van der Waals surface area contributed by atoms with Gasteiger partial charge in [0.2, 0.25) is 5.91 Å². The Morgan fingerprint density at radius 3 is 2.38 bits per heavy atom. The lowest BCUT2D eigenvalue weighted by Gasteiger charge is -2.46. The summed E-state index contributed by atoms with van der Waals surface area (Å²) in [6, 6.07) is 3.65. The summed E-state index contributed by atoms with van der Waals surface area (Å²) in [5.74, 6) is -1.94. The lowest BCUT2D eigenvalue weighted by Crippen LogP contribution is -2.59. The van der Waals surface area contributed by atoms with Crippen molar-refractivity contribution in [2.45, 2.75) is 71.0 Å². The number of aromatic nitrogens is 1. The summed E-state index contributed by atoms with van der Waals surface area (Å²) >= 11 is 5.87. The van der Waals surface area contributed by atoms with Crippen molar-refractivity contribution in [1.29, 1.82) is 0 Å². The highest BCUT2D eigenvalue weighted by atomic mass is 35.5. The van der Waals surface area contributed by atoms with Crippen LogP contribution in [0.4, 0.5) is 5.82 Å². The molecule has 3 amide bonds. The van der Waals surface area contributed by atoms with Gasteiger partial charge in [0.15, 0.2) is 5.82 Å². The first-order chi connectivity index (χ1) is 21.5. The smallest absolute Gasteiger partial charge is 0.331 e. The van der Waals surface area contributed by atoms with Crippen LogP contribution in [0.3, 0.4) is 0 Å². The number of pyridine rings is 1. The number of carbonyl (C=O) groups is 4. The summed E-state index contributed by atoms with van der Waals surface area (Å²) in [6.45, 7) is 14.7. The van der Waals surface area contributed by atoms with Crippen LogP contribution in [-0.2, 0) is 19.1 Å². The highest BCUT2D eigenvalue weighted by Gasteiger charge is 2.53. The number of nitrogen functional groups attached to an aromatic ring is 1. The number of hydrogen-bond acceptors (Lipinski definition) is 11. The Balaban J connectivity index is 0.00000271. The Hall–Kier alpha value is -3.75. The van der Waals surface area contributed by atoms with Gasteiger partial charge < -0.3 is 31.7 Å². The number of nitrogens with zero attached hydrogens (tertiary/aromatic N) is 5. The minimum atomic E-state index is -1.11. The molecule has 4 rings (SSSR count). The molecule has 2 saturated heterocycles. The predicted octanol–water partition coefficient (Wildman–Crippen LogP) is 1.11. The van der Waals surface area contributed by atoms with E-state index >= 15 is 0 Å². The van der Waals surface area contributed by atoms with Crippen molar-refractivity contribution < 1.29 is 23.9 Å². The van der Waals surface area contributed by atoms with Gasteiger partial charge in [0.1, 0.15) is 22.2 Å². The average Bonchev–Trinajstić information content (AvgIpc) is 3.81. The van der Waals surface area contributed by atoms with E-state index in [9.17, 15) is 19.2 Å². The van der Waals surface area contributed by atoms with E-state index in [4.69, 9.17) is 27.8 Å². The molecule has 1 aromatic rings. The van der Waals surface area contributed by atoms with Gasteiger partial charge in [-0.25, -0.2) is 14.8 Å². The molecule has 1 unspecified atom stereocenters. The number of piperazine rings is 1. The summed E-state index contributed by atoms with van der Waals surface area (Å²) in [6.07, 6.45) is 2.52. The van der Waals surface area contributed by atoms with Crippen LogP contribution in [0.15, 0.2) is 28.6 Å². The molecule has 3 aliphatic rings. The summed E-state index contributed by atoms with van der Waals surface area (Å²) < 4.78 is 5.06. The maximum Gasteiger partial charge on any atom is 0.331 e. The van der Waals surface area contributed by atoms with Crippen molar-refractivity contribution in [3.8, 4) is 0 Å². The monoisotopic (exact) mass is 647 g/mol. The van der Waals surface area contributed by atoms with Gasteiger partial charge in [-0.05, 0) is 58.4 Å². The zero-order valence-electron chi connectivity index (χ0n) is 26.6. The van der Waals surface area contributed by atoms with Crippen LogP contribution in [-0.4, -0.2) is 114 Å². The van der Waals surface area contributed by atoms with Crippen LogP contribution in [0.1, 0.15) is 63.7 Å². The third kappa shape index (κ3) is 8.92. The molecule has 15 heteroatoms. The van der Waals surface area contributed by atoms with Crippen molar-refractivity contribution in [2.75, 3.05) is 51.6 Å². The first kappa shape index (κ1) is 35.7. The molecule has 3 heterocycles. The number of likely N-dealkylation sites (tertiary alicyclic amines) is 1. The van der Waals surface area contributed by atoms with E-state index in [-0.39, 0.29) is 47.6 Å². The van der Waals surface area contributed by atoms with Crippen molar-refractivity contribution in [1.82, 2.24) is 30.3 Å². The third-order valence-corrected chi connectivity index (χ3v) is 8.37. The molecule has 248 valence electrons. The maximum atomic E-state index is 13.0. The molecule has 3 fully saturated rings. The van der Waals surface area contributed by atoms with E-state index < -0.39 is 23.3 Å². The van der Waals surface area contributed by atoms with Crippen LogP contribution < -0.4 is 22.1 Å². The number of carbonyl (C=O) groups excluding carboxylic acids is 4. The number of nitrogens with one attached hydrogen (secondary N) is 2. The zero-order valence-corrected chi connectivity index (χ0v) is 27.4. The van der Waals surface area contributed by atoms with Crippen molar-refractivity contribution in [3.05, 3.63) is 34.4 Å². The molecule has 0 bridgehead atoms. The van der Waals surface area contributed by atoms with Gasteiger partial charge in [-0.15, -0.1) is 0 Å². The number of ether oxygens (including phenoxy) is 1. The Kier molecular flexibility index (Phi) is 12.7. The van der Waals surface area contributed by atoms with Crippen molar-refractivity contribution in [2.24, 2.45) is 10.7 Å². The highest BCUT2D eigenvalue weighted by molar-refractivity contribution is 6.29. The molecule has 0 radical (unpaired) electrons. The Morgan fingerprint density at radius 1 is 1.16 bits per heavy atom. The van der Waals surface area contributed by atoms with Crippen LogP contribution in [0.5, 0.6) is 0 Å². The van der Waals surface area contributed by atoms with Crippen LogP contribution in [0, 0.1) is 0 Å². The van der Waals surface area contributed by atoms with Crippen molar-refractivity contribution in [3.63, 3.8) is 0 Å². The number of amides is 3. The second kappa shape index (κ2) is 16.0. The van der Waals surface area contributed by atoms with Gasteiger partial charge in [-0.1, -0.05) is 25.4 Å². The summed E-state index contributed by atoms with van der Waals surface area (Å²) in [4.78, 5) is 65.0. The zero-order chi connectivity index (χ0) is 33.3. The number of piperidine rings is 1. The molecular weight excluding hydrogens is 602 g/mol. The van der Waals surface area contributed by atoms with Gasteiger partial charge in [0.05, 0.1) is 18.7 Å². The molecule has 0 spiro atoms. The second-order valence-electron chi connectivity index (χ2n) is 11.1. The van der Waals surface area contributed by atoms with Gasteiger partial charge >= 0.3 is 5.97 Å². The molecular formula is C30H46ClN9O5. The molecule has 0 aromatic carbocycles. The summed E-state index contributed by atoms with van der Waals surface area (Å²) in [7, 11) is 0. The molecule has 1 atom stereocenters. The number of aliphatic imine (C=N–C) groups is 1. The van der Waals surface area contributed by atoms with Gasteiger partial charge in [-0.3, -0.25) is 24.2 Å². The Labute approximate surface area is 269 Å². The maximum absolute atomic E-state index is 13.0. The van der Waals surface area contributed by atoms with E-state index in [0.717, 1.165) is 19.4 Å². The number of nitrogens with two attached hydrogens (primary N) is 2. The normalized spacial score (nSPS) is 20.6. The van der Waals surface area contributed by atoms with Gasteiger partial charge in [-0.2, -0.15) is 0 Å². The van der Waals surface area contributed by atoms with E-state index in [2.05, 4.69) is 39.2 Å². The van der Waals surface area contributed by atoms with E-state index in [1.807, 2.05) is 18.7 Å². The molecule has 2 aliphatic heterocycles. The van der Waals surface area contributed by atoms with E-state index in [1.54, 1.807) is 24.0 Å². The van der Waals surface area contributed by atoms with Crippen LogP contribution in [0.2, 0.25) is 5.15 Å². The fourth-order valence-electron chi connectivity index (χ4n) is 5.69. The summed E-state index contributed by atoms with van der Waals surface area (Å²) in [5.41, 5.74) is 10.8. The fourth-order valence-corrected chi connectivity index (χ4v) is 5.84. The minimum absolute atomic E-state index is 0.0475. The first-order valence-corrected chi connectivity index (χ1v) is 15.8. The fraction of sp³-hybridized carbons (Fsp3) is 0.600. The SMILES string of the molecule is C=N/C(N)=C(\NC(=O)CN1CCN(C2CCN(C(=O)c3ccc(Cl)nc3N)CC2)C(C)C1)C(=O)NC1(C(=O)OCC)CC1.CC. The van der Waals surface area contributed by atoms with E-state index in [1.165, 1.54) is 0 Å². The number of rotatable bonds is 10. The first-order valence-electron chi connectivity index (χ1n) is 15.4. The molecule has 6 N–H and O–H groups in total. The molecule has 1 aliphatic carbocycles. The van der Waals surface area contributed by atoms with Crippen LogP contribution in [0.25, 0.3) is 0 Å². The molecule has 45 heavy (non-hydrogen) atoms. The lowest BCUT2D eigenvalue weighted by atomic mass is 9.99. The highest BCUT2D eigenvalue weighted by Crippen LogP contribution is 2.37. The Morgan fingerprint density at radius 2 is 1.82 bits per heavy atom. The van der Waals surface area contributed by atoms with Crippen LogP contribution >= 0.6 is 11.6 Å². The van der Waals surface area contributed by atoms with Gasteiger partial charge in [0.25, 0.3) is 11.8 Å². The molecule has 1 saturated carbocycles. The second-order valence-corrected chi connectivity index (χ2v) is 11.5. The predicted molar refractivity (Wildman–Crippen MR) is 172 cm³/mol. The molecule has 14 nitrogen and oxygen atoms in total. The largest absolute Gasteiger partial charge is 0.464 e. The quantitative estimate of drug-likeness (QED) is 0.124. The minimum Gasteiger partial charge on any atom is -0.464 e. The lowest BCUT2D eigenvalue weighted by molar-refractivity contribution is -0.148. The van der Waals surface area contributed by atoms with Crippen molar-refractivity contribution >= 4 is 47.8 Å². The number of hydrogen-bond donors (Lipinski definition) is 4. The standard InChI is InChI=1S/C28H40ClN9O5.C2H6/c1-4-43-27(42)28(9-10-28)35-25(40)22(24(31)32-3)34-21(39)16-36-13-14-38(17(2)15-36)18-7-11-37(12-8-18)26(41)19-5-6-20(29)33-23(19)30;1-2/h5-6,17-18H,3-4,7-16,31H2,1-2H3,(H2,30,33)(H,34,39)(H,35,40);1-2H3/b24-22-;. The molecule has 1 aromatic heterocycles. The number of anilines is 1. The number of halogens is 1. The van der Waals surface area contributed by atoms with E-state index in [0.29, 0.717) is 50.6 Å². The topological polar surface area (TPSA) is 189 Å². The number of esters is 1. The van der Waals surface area contributed by atoms with Gasteiger partial charge in [0, 0.05) is 44.8 Å². The average molecular weight is 648 g/mol.